The van der Waals surface area contributed by atoms with Crippen molar-refractivity contribution in [1.82, 2.24) is 4.98 Å². The second-order valence-electron chi connectivity index (χ2n) is 6.19. The van der Waals surface area contributed by atoms with E-state index < -0.39 is 30.4 Å². The van der Waals surface area contributed by atoms with Gasteiger partial charge in [-0.25, -0.2) is 14.6 Å². The summed E-state index contributed by atoms with van der Waals surface area (Å²) < 4.78 is 19.9. The molecule has 12 heteroatoms. The van der Waals surface area contributed by atoms with E-state index in [-0.39, 0.29) is 21.2 Å². The van der Waals surface area contributed by atoms with Gasteiger partial charge in [0.1, 0.15) is 21.1 Å². The molecule has 0 aliphatic rings. The summed E-state index contributed by atoms with van der Waals surface area (Å²) in [4.78, 5) is 52.6. The number of rotatable bonds is 8. The van der Waals surface area contributed by atoms with E-state index in [1.807, 2.05) is 12.1 Å². The number of thioether (sulfide) groups is 1. The van der Waals surface area contributed by atoms with E-state index >= 15 is 0 Å². The SMILES string of the molecule is COC(=O)c1sc(NC(=O)COC(=O)CSc2nc3ccccc3o2)c(C(=O)OC)c1C. The lowest BCUT2D eigenvalue weighted by molar-refractivity contribution is -0.144. The van der Waals surface area contributed by atoms with E-state index in [9.17, 15) is 19.2 Å². The quantitative estimate of drug-likeness (QED) is 0.292. The van der Waals surface area contributed by atoms with Crippen LogP contribution in [0.25, 0.3) is 11.1 Å². The van der Waals surface area contributed by atoms with Crippen LogP contribution in [0.1, 0.15) is 25.6 Å². The minimum atomic E-state index is -0.726. The highest BCUT2D eigenvalue weighted by atomic mass is 32.2. The van der Waals surface area contributed by atoms with Crippen LogP contribution < -0.4 is 5.32 Å². The molecular weight excluding hydrogens is 460 g/mol. The third-order valence-corrected chi connectivity index (χ3v) is 6.10. The van der Waals surface area contributed by atoms with Crippen molar-refractivity contribution < 1.29 is 37.8 Å². The third-order valence-electron chi connectivity index (χ3n) is 4.11. The summed E-state index contributed by atoms with van der Waals surface area (Å²) in [6, 6.07) is 7.17. The maximum atomic E-state index is 12.2. The monoisotopic (exact) mass is 478 g/mol. The fourth-order valence-electron chi connectivity index (χ4n) is 2.62. The first kappa shape index (κ1) is 23.3. The lowest BCUT2D eigenvalue weighted by Gasteiger charge is -2.07. The van der Waals surface area contributed by atoms with Gasteiger partial charge in [0.25, 0.3) is 11.1 Å². The minimum Gasteiger partial charge on any atom is -0.465 e. The summed E-state index contributed by atoms with van der Waals surface area (Å²) in [5, 5.41) is 2.87. The Morgan fingerprint density at radius 2 is 1.84 bits per heavy atom. The van der Waals surface area contributed by atoms with Gasteiger partial charge in [-0.05, 0) is 24.6 Å². The molecule has 32 heavy (non-hydrogen) atoms. The van der Waals surface area contributed by atoms with Crippen LogP contribution in [0.3, 0.4) is 0 Å². The van der Waals surface area contributed by atoms with Gasteiger partial charge in [-0.1, -0.05) is 23.9 Å². The number of aromatic nitrogens is 1. The molecule has 0 aliphatic carbocycles. The Morgan fingerprint density at radius 1 is 1.12 bits per heavy atom. The van der Waals surface area contributed by atoms with Crippen LogP contribution in [-0.4, -0.2) is 55.4 Å². The molecule has 1 amide bonds. The number of hydrogen-bond donors (Lipinski definition) is 1. The molecule has 0 saturated carbocycles. The number of thiophene rings is 1. The Morgan fingerprint density at radius 3 is 2.53 bits per heavy atom. The molecule has 1 N–H and O–H groups in total. The van der Waals surface area contributed by atoms with Crippen LogP contribution >= 0.6 is 23.1 Å². The molecule has 3 aromatic rings. The van der Waals surface area contributed by atoms with Crippen LogP contribution in [0.15, 0.2) is 33.9 Å². The zero-order valence-electron chi connectivity index (χ0n) is 17.3. The highest BCUT2D eigenvalue weighted by Crippen LogP contribution is 2.34. The number of para-hydroxylation sites is 2. The molecule has 0 unspecified atom stereocenters. The standard InChI is InChI=1S/C20H18N2O8S2/c1-10-15(18(25)27-2)17(32-16(10)19(26)28-3)22-13(23)8-29-14(24)9-31-20-21-11-6-4-5-7-12(11)30-20/h4-7H,8-9H2,1-3H3,(H,22,23). The zero-order chi connectivity index (χ0) is 23.3. The number of ether oxygens (including phenoxy) is 3. The topological polar surface area (TPSA) is 134 Å². The number of anilines is 1. The largest absolute Gasteiger partial charge is 0.465 e. The van der Waals surface area contributed by atoms with Gasteiger partial charge in [0, 0.05) is 0 Å². The van der Waals surface area contributed by atoms with Crippen LogP contribution in [0.5, 0.6) is 0 Å². The van der Waals surface area contributed by atoms with Crippen LogP contribution in [0.2, 0.25) is 0 Å². The van der Waals surface area contributed by atoms with Gasteiger partial charge in [0.15, 0.2) is 12.2 Å². The van der Waals surface area contributed by atoms with E-state index in [1.165, 1.54) is 21.1 Å². The van der Waals surface area contributed by atoms with Crippen molar-refractivity contribution >= 4 is 63.0 Å². The number of amides is 1. The maximum Gasteiger partial charge on any atom is 0.348 e. The Bertz CT molecular complexity index is 1150. The number of carbonyl (C=O) groups is 4. The summed E-state index contributed by atoms with van der Waals surface area (Å²) in [7, 11) is 2.38. The van der Waals surface area contributed by atoms with E-state index in [1.54, 1.807) is 12.1 Å². The number of nitrogens with zero attached hydrogens (tertiary/aromatic N) is 1. The smallest absolute Gasteiger partial charge is 0.348 e. The van der Waals surface area contributed by atoms with E-state index in [0.717, 1.165) is 23.1 Å². The van der Waals surface area contributed by atoms with Gasteiger partial charge in [-0.3, -0.25) is 9.59 Å². The number of esters is 3. The van der Waals surface area contributed by atoms with Crippen molar-refractivity contribution in [2.24, 2.45) is 0 Å². The average molecular weight is 479 g/mol. The molecule has 0 fully saturated rings. The zero-order valence-corrected chi connectivity index (χ0v) is 18.9. The Kier molecular flexibility index (Phi) is 7.49. The van der Waals surface area contributed by atoms with Crippen LogP contribution in [0.4, 0.5) is 5.00 Å². The van der Waals surface area contributed by atoms with Gasteiger partial charge in [0.05, 0.1) is 19.8 Å². The van der Waals surface area contributed by atoms with Gasteiger partial charge in [0.2, 0.25) is 0 Å². The summed E-state index contributed by atoms with van der Waals surface area (Å²) in [6.45, 7) is 0.950. The van der Waals surface area contributed by atoms with Gasteiger partial charge in [-0.2, -0.15) is 0 Å². The first-order chi connectivity index (χ1) is 15.3. The molecule has 2 aromatic heterocycles. The second-order valence-corrected chi connectivity index (χ2v) is 8.14. The molecular formula is C20H18N2O8S2. The summed E-state index contributed by atoms with van der Waals surface area (Å²) in [5.74, 6) is -2.83. The molecule has 0 radical (unpaired) electrons. The Hall–Kier alpha value is -3.38. The molecule has 0 aliphatic heterocycles. The predicted molar refractivity (Wildman–Crippen MR) is 116 cm³/mol. The molecule has 168 valence electrons. The van der Waals surface area contributed by atoms with E-state index in [0.29, 0.717) is 21.9 Å². The molecule has 3 rings (SSSR count). The van der Waals surface area contributed by atoms with Crippen molar-refractivity contribution in [3.8, 4) is 0 Å². The fourth-order valence-corrected chi connectivity index (χ4v) is 4.39. The second kappa shape index (κ2) is 10.3. The van der Waals surface area contributed by atoms with E-state index in [2.05, 4.69) is 15.0 Å². The first-order valence-electron chi connectivity index (χ1n) is 9.08. The molecule has 0 bridgehead atoms. The van der Waals surface area contributed by atoms with Crippen molar-refractivity contribution in [2.75, 3.05) is 31.9 Å². The number of hydrogen-bond acceptors (Lipinski definition) is 11. The van der Waals surface area contributed by atoms with Crippen molar-refractivity contribution in [3.63, 3.8) is 0 Å². The van der Waals surface area contributed by atoms with Crippen molar-refractivity contribution in [1.29, 1.82) is 0 Å². The normalized spacial score (nSPS) is 10.6. The predicted octanol–water partition coefficient (Wildman–Crippen LogP) is 3.04. The summed E-state index contributed by atoms with van der Waals surface area (Å²) in [6.07, 6.45) is 0. The highest BCUT2D eigenvalue weighted by molar-refractivity contribution is 7.99. The Labute approximate surface area is 190 Å². The summed E-state index contributed by atoms with van der Waals surface area (Å²) >= 11 is 1.90. The average Bonchev–Trinajstić information content (AvgIpc) is 3.35. The molecule has 2 heterocycles. The number of methoxy groups -OCH3 is 2. The molecule has 10 nitrogen and oxygen atoms in total. The molecule has 0 saturated heterocycles. The lowest BCUT2D eigenvalue weighted by atomic mass is 10.1. The maximum absolute atomic E-state index is 12.2. The van der Waals surface area contributed by atoms with Crippen molar-refractivity contribution in [2.45, 2.75) is 12.1 Å². The summed E-state index contributed by atoms with van der Waals surface area (Å²) in [5.41, 5.74) is 1.61. The minimum absolute atomic E-state index is 0.0316. The van der Waals surface area contributed by atoms with Crippen LogP contribution in [-0.2, 0) is 23.8 Å². The molecule has 1 aromatic carbocycles. The van der Waals surface area contributed by atoms with Gasteiger partial charge >= 0.3 is 17.9 Å². The van der Waals surface area contributed by atoms with E-state index in [4.69, 9.17) is 13.9 Å². The number of nitrogens with one attached hydrogen (secondary N) is 1. The van der Waals surface area contributed by atoms with Crippen LogP contribution in [0, 0.1) is 6.92 Å². The van der Waals surface area contributed by atoms with Gasteiger partial charge < -0.3 is 23.9 Å². The fraction of sp³-hybridized carbons (Fsp3) is 0.250. The highest BCUT2D eigenvalue weighted by Gasteiger charge is 2.27. The number of benzene rings is 1. The molecule has 0 atom stereocenters. The number of oxazole rings is 1. The molecule has 0 spiro atoms. The first-order valence-corrected chi connectivity index (χ1v) is 10.9. The number of fused-ring (bicyclic) bond motifs is 1. The Balaban J connectivity index is 1.57. The lowest BCUT2D eigenvalue weighted by Crippen LogP contribution is -2.22. The van der Waals surface area contributed by atoms with Crippen molar-refractivity contribution in [3.05, 3.63) is 40.3 Å². The van der Waals surface area contributed by atoms with Gasteiger partial charge in [-0.15, -0.1) is 11.3 Å². The number of carbonyl (C=O) groups excluding carboxylic acids is 4. The third kappa shape index (κ3) is 5.26.